The zero-order chi connectivity index (χ0) is 19.7. The minimum absolute atomic E-state index is 0.0679. The summed E-state index contributed by atoms with van der Waals surface area (Å²) in [5.74, 6) is 0.573. The van der Waals surface area contributed by atoms with Crippen LogP contribution in [0, 0.1) is 10.1 Å². The lowest BCUT2D eigenvalue weighted by Gasteiger charge is -2.10. The fourth-order valence-electron chi connectivity index (χ4n) is 2.04. The number of hydrogen-bond donors (Lipinski definition) is 1. The van der Waals surface area contributed by atoms with Gasteiger partial charge in [0.05, 0.1) is 29.6 Å². The summed E-state index contributed by atoms with van der Waals surface area (Å²) in [6, 6.07) is 11.0. The first-order valence-electron chi connectivity index (χ1n) is 7.99. The number of nitro benzene ring substituents is 1. The van der Waals surface area contributed by atoms with Crippen LogP contribution in [0.15, 0.2) is 53.4 Å². The molecule has 0 saturated carbocycles. The number of anilines is 1. The van der Waals surface area contributed by atoms with E-state index < -0.39 is 14.9 Å². The molecule has 0 amide bonds. The van der Waals surface area contributed by atoms with E-state index in [9.17, 15) is 18.5 Å². The maximum Gasteiger partial charge on any atom is 0.269 e. The van der Waals surface area contributed by atoms with Crippen LogP contribution in [-0.4, -0.2) is 46.9 Å². The van der Waals surface area contributed by atoms with Gasteiger partial charge in [-0.2, -0.15) is 0 Å². The van der Waals surface area contributed by atoms with E-state index in [0.717, 1.165) is 12.1 Å². The second-order valence-corrected chi connectivity index (χ2v) is 7.02. The van der Waals surface area contributed by atoms with Gasteiger partial charge >= 0.3 is 0 Å². The van der Waals surface area contributed by atoms with Crippen molar-refractivity contribution in [3.63, 3.8) is 0 Å². The number of nitro groups is 1. The molecule has 2 aromatic rings. The van der Waals surface area contributed by atoms with E-state index in [1.54, 1.807) is 31.4 Å². The van der Waals surface area contributed by atoms with Gasteiger partial charge in [0.1, 0.15) is 12.4 Å². The lowest BCUT2D eigenvalue weighted by atomic mass is 10.3. The van der Waals surface area contributed by atoms with Crippen molar-refractivity contribution >= 4 is 21.4 Å². The predicted octanol–water partition coefficient (Wildman–Crippen LogP) is 2.44. The van der Waals surface area contributed by atoms with Crippen molar-refractivity contribution in [1.82, 2.24) is 0 Å². The minimum atomic E-state index is -3.84. The topological polar surface area (TPSA) is 117 Å². The smallest absolute Gasteiger partial charge is 0.269 e. The van der Waals surface area contributed by atoms with E-state index >= 15 is 0 Å². The first-order chi connectivity index (χ1) is 12.9. The van der Waals surface area contributed by atoms with Gasteiger partial charge < -0.3 is 14.2 Å². The number of nitrogens with zero attached hydrogens (tertiary/aromatic N) is 1. The maximum absolute atomic E-state index is 12.3. The second-order valence-electron chi connectivity index (χ2n) is 5.33. The monoisotopic (exact) mass is 396 g/mol. The standard InChI is InChI=1S/C17H20N2O7S/c1-24-10-11-25-12-13-26-16-6-2-14(3-7-16)18-27(22,23)17-8-4-15(5-9-17)19(20)21/h2-9,18H,10-13H2,1H3. The van der Waals surface area contributed by atoms with Crippen molar-refractivity contribution in [3.05, 3.63) is 58.6 Å². The highest BCUT2D eigenvalue weighted by Crippen LogP contribution is 2.21. The van der Waals surface area contributed by atoms with Crippen LogP contribution in [0.25, 0.3) is 0 Å². The highest BCUT2D eigenvalue weighted by Gasteiger charge is 2.16. The summed E-state index contributed by atoms with van der Waals surface area (Å²) in [5.41, 5.74) is 0.165. The molecule has 2 rings (SSSR count). The molecule has 27 heavy (non-hydrogen) atoms. The Hall–Kier alpha value is -2.69. The number of sulfonamides is 1. The third-order valence-corrected chi connectivity index (χ3v) is 4.79. The van der Waals surface area contributed by atoms with Gasteiger partial charge in [0.25, 0.3) is 15.7 Å². The Bertz CT molecular complexity index is 837. The van der Waals surface area contributed by atoms with Gasteiger partial charge in [-0.25, -0.2) is 8.42 Å². The Balaban J connectivity index is 1.90. The largest absolute Gasteiger partial charge is 0.491 e. The van der Waals surface area contributed by atoms with Crippen LogP contribution in [0.1, 0.15) is 0 Å². The van der Waals surface area contributed by atoms with Crippen molar-refractivity contribution in [2.75, 3.05) is 38.3 Å². The average Bonchev–Trinajstić information content (AvgIpc) is 2.65. The summed E-state index contributed by atoms with van der Waals surface area (Å²) in [6.07, 6.45) is 0. The van der Waals surface area contributed by atoms with Crippen LogP contribution in [0.2, 0.25) is 0 Å². The van der Waals surface area contributed by atoms with Crippen LogP contribution in [0.5, 0.6) is 5.75 Å². The quantitative estimate of drug-likeness (QED) is 0.352. The van der Waals surface area contributed by atoms with Crippen LogP contribution in [0.3, 0.4) is 0 Å². The molecule has 146 valence electrons. The summed E-state index contributed by atoms with van der Waals surface area (Å²) in [5, 5.41) is 10.6. The summed E-state index contributed by atoms with van der Waals surface area (Å²) < 4.78 is 42.7. The molecule has 10 heteroatoms. The van der Waals surface area contributed by atoms with Crippen molar-refractivity contribution in [2.24, 2.45) is 0 Å². The van der Waals surface area contributed by atoms with E-state index in [-0.39, 0.29) is 10.6 Å². The molecule has 0 heterocycles. The SMILES string of the molecule is COCCOCCOc1ccc(NS(=O)(=O)c2ccc([N+](=O)[O-])cc2)cc1. The van der Waals surface area contributed by atoms with Gasteiger partial charge in [0.15, 0.2) is 0 Å². The Morgan fingerprint density at radius 2 is 1.59 bits per heavy atom. The Kier molecular flexibility index (Phi) is 7.53. The highest BCUT2D eigenvalue weighted by atomic mass is 32.2. The molecule has 1 N–H and O–H groups in total. The van der Waals surface area contributed by atoms with Crippen molar-refractivity contribution < 1.29 is 27.6 Å². The van der Waals surface area contributed by atoms with Gasteiger partial charge in [0.2, 0.25) is 0 Å². The van der Waals surface area contributed by atoms with E-state index in [1.165, 1.54) is 12.1 Å². The van der Waals surface area contributed by atoms with Gasteiger partial charge in [0, 0.05) is 24.9 Å². The number of methoxy groups -OCH3 is 1. The molecular weight excluding hydrogens is 376 g/mol. The summed E-state index contributed by atoms with van der Waals surface area (Å²) in [6.45, 7) is 1.78. The number of non-ortho nitro benzene ring substituents is 1. The lowest BCUT2D eigenvalue weighted by molar-refractivity contribution is -0.384. The molecule has 0 unspecified atom stereocenters. The summed E-state index contributed by atoms with van der Waals surface area (Å²) in [7, 11) is -2.25. The number of hydrogen-bond acceptors (Lipinski definition) is 7. The normalized spacial score (nSPS) is 11.1. The fourth-order valence-corrected chi connectivity index (χ4v) is 3.10. The Morgan fingerprint density at radius 1 is 0.963 bits per heavy atom. The molecule has 0 radical (unpaired) electrons. The van der Waals surface area contributed by atoms with Gasteiger partial charge in [-0.15, -0.1) is 0 Å². The maximum atomic E-state index is 12.3. The molecule has 0 bridgehead atoms. The third-order valence-electron chi connectivity index (χ3n) is 3.39. The van der Waals surface area contributed by atoms with Crippen molar-refractivity contribution in [2.45, 2.75) is 4.90 Å². The minimum Gasteiger partial charge on any atom is -0.491 e. The average molecular weight is 396 g/mol. The van der Waals surface area contributed by atoms with Gasteiger partial charge in [-0.1, -0.05) is 0 Å². The Morgan fingerprint density at radius 3 is 2.19 bits per heavy atom. The molecule has 9 nitrogen and oxygen atoms in total. The molecule has 0 fully saturated rings. The molecule has 0 spiro atoms. The number of nitrogens with one attached hydrogen (secondary N) is 1. The van der Waals surface area contributed by atoms with Crippen LogP contribution in [0.4, 0.5) is 11.4 Å². The number of rotatable bonds is 11. The summed E-state index contributed by atoms with van der Waals surface area (Å²) in [4.78, 5) is 9.98. The molecule has 0 aliphatic heterocycles. The molecule has 2 aromatic carbocycles. The van der Waals surface area contributed by atoms with E-state index in [1.807, 2.05) is 0 Å². The third kappa shape index (κ3) is 6.51. The molecule has 0 saturated heterocycles. The first kappa shape index (κ1) is 20.6. The van der Waals surface area contributed by atoms with Crippen LogP contribution in [-0.2, 0) is 19.5 Å². The van der Waals surface area contributed by atoms with Gasteiger partial charge in [-0.3, -0.25) is 14.8 Å². The number of benzene rings is 2. The molecule has 0 aromatic heterocycles. The molecule has 0 aliphatic rings. The fraction of sp³-hybridized carbons (Fsp3) is 0.294. The Labute approximate surface area is 157 Å². The zero-order valence-corrected chi connectivity index (χ0v) is 15.5. The predicted molar refractivity (Wildman–Crippen MR) is 98.5 cm³/mol. The number of ether oxygens (including phenoxy) is 3. The highest BCUT2D eigenvalue weighted by molar-refractivity contribution is 7.92. The van der Waals surface area contributed by atoms with Crippen LogP contribution >= 0.6 is 0 Å². The zero-order valence-electron chi connectivity index (χ0n) is 14.7. The first-order valence-corrected chi connectivity index (χ1v) is 9.47. The second kappa shape index (κ2) is 9.86. The van der Waals surface area contributed by atoms with Crippen molar-refractivity contribution in [3.8, 4) is 5.75 Å². The summed E-state index contributed by atoms with van der Waals surface area (Å²) >= 11 is 0. The molecular formula is C17H20N2O7S. The van der Waals surface area contributed by atoms with Crippen LogP contribution < -0.4 is 9.46 Å². The van der Waals surface area contributed by atoms with E-state index in [4.69, 9.17) is 14.2 Å². The van der Waals surface area contributed by atoms with E-state index in [2.05, 4.69) is 4.72 Å². The van der Waals surface area contributed by atoms with Gasteiger partial charge in [-0.05, 0) is 36.4 Å². The molecule has 0 atom stereocenters. The van der Waals surface area contributed by atoms with E-state index in [0.29, 0.717) is 37.9 Å². The lowest BCUT2D eigenvalue weighted by Crippen LogP contribution is -2.13. The van der Waals surface area contributed by atoms with Crippen molar-refractivity contribution in [1.29, 1.82) is 0 Å². The molecule has 0 aliphatic carbocycles.